The molecule has 132 valence electrons. The molecule has 0 aromatic heterocycles. The molecular formula is C21H18F2N2O. The van der Waals surface area contributed by atoms with Crippen molar-refractivity contribution < 1.29 is 13.5 Å². The number of rotatable bonds is 2. The number of halogens is 2. The monoisotopic (exact) mass is 352 g/mol. The van der Waals surface area contributed by atoms with Gasteiger partial charge in [-0.1, -0.05) is 29.8 Å². The van der Waals surface area contributed by atoms with Crippen LogP contribution in [0.25, 0.3) is 0 Å². The second-order valence-electron chi connectivity index (χ2n) is 7.13. The van der Waals surface area contributed by atoms with Crippen LogP contribution >= 0.6 is 0 Å². The Hall–Kier alpha value is -2.56. The van der Waals surface area contributed by atoms with Crippen LogP contribution in [-0.2, 0) is 6.42 Å². The zero-order chi connectivity index (χ0) is 17.8. The van der Waals surface area contributed by atoms with Crippen molar-refractivity contribution in [2.45, 2.75) is 38.2 Å². The number of hydrogen-bond donors (Lipinski definition) is 0. The molecule has 2 bridgehead atoms. The molecule has 1 aliphatic carbocycles. The summed E-state index contributed by atoms with van der Waals surface area (Å²) in [5.74, 6) is 0.412. The Labute approximate surface area is 150 Å². The van der Waals surface area contributed by atoms with Crippen molar-refractivity contribution in [3.8, 4) is 5.75 Å². The van der Waals surface area contributed by atoms with E-state index in [1.54, 1.807) is 12.1 Å². The first-order chi connectivity index (χ1) is 12.6. The Balaban J connectivity index is 1.71. The summed E-state index contributed by atoms with van der Waals surface area (Å²) in [6.45, 7) is -0.115. The minimum atomic E-state index is -2.83. The van der Waals surface area contributed by atoms with Gasteiger partial charge in [0.05, 0.1) is 17.1 Å². The highest BCUT2D eigenvalue weighted by molar-refractivity contribution is 6.48. The van der Waals surface area contributed by atoms with Crippen molar-refractivity contribution in [2.75, 3.05) is 6.54 Å². The van der Waals surface area contributed by atoms with Gasteiger partial charge in [-0.2, -0.15) is 8.78 Å². The normalized spacial score (nSPS) is 24.8. The lowest BCUT2D eigenvalue weighted by molar-refractivity contribution is -0.0506. The van der Waals surface area contributed by atoms with Gasteiger partial charge in [0.25, 0.3) is 0 Å². The van der Waals surface area contributed by atoms with Crippen LogP contribution < -0.4 is 4.74 Å². The van der Waals surface area contributed by atoms with Gasteiger partial charge in [-0.3, -0.25) is 9.98 Å². The van der Waals surface area contributed by atoms with Crippen LogP contribution in [0.5, 0.6) is 5.75 Å². The van der Waals surface area contributed by atoms with Crippen LogP contribution in [0.3, 0.4) is 0 Å². The number of nitrogens with zero attached hydrogens (tertiary/aromatic N) is 2. The summed E-state index contributed by atoms with van der Waals surface area (Å²) < 4.78 is 30.9. The lowest BCUT2D eigenvalue weighted by Gasteiger charge is -2.24. The number of alkyl halides is 2. The molecule has 0 spiro atoms. The molecule has 1 saturated carbocycles. The molecule has 3 nitrogen and oxygen atoms in total. The minimum Gasteiger partial charge on any atom is -0.435 e. The predicted molar refractivity (Wildman–Crippen MR) is 97.5 cm³/mol. The fraction of sp³-hybridized carbons (Fsp3) is 0.333. The first-order valence-electron chi connectivity index (χ1n) is 8.91. The fourth-order valence-electron chi connectivity index (χ4n) is 4.61. The Kier molecular flexibility index (Phi) is 3.45. The zero-order valence-corrected chi connectivity index (χ0v) is 14.4. The van der Waals surface area contributed by atoms with Crippen LogP contribution in [-0.4, -0.2) is 24.6 Å². The number of benzene rings is 2. The molecule has 0 amide bonds. The Morgan fingerprint density at radius 1 is 1.19 bits per heavy atom. The number of fused-ring (bicyclic) bond motifs is 9. The molecule has 0 radical (unpaired) electrons. The van der Waals surface area contributed by atoms with Crippen molar-refractivity contribution in [1.82, 2.24) is 0 Å². The number of hydrogen-bond acceptors (Lipinski definition) is 3. The molecular weight excluding hydrogens is 334 g/mol. The summed E-state index contributed by atoms with van der Waals surface area (Å²) in [6.07, 6.45) is 1.46. The maximum atomic E-state index is 13.0. The largest absolute Gasteiger partial charge is 0.435 e. The first-order valence-corrected chi connectivity index (χ1v) is 8.91. The third-order valence-corrected chi connectivity index (χ3v) is 5.59. The van der Waals surface area contributed by atoms with Crippen molar-refractivity contribution >= 4 is 17.1 Å². The van der Waals surface area contributed by atoms with E-state index in [0.29, 0.717) is 12.3 Å². The van der Waals surface area contributed by atoms with Crippen LogP contribution in [0.2, 0.25) is 0 Å². The van der Waals surface area contributed by atoms with Gasteiger partial charge in [-0.15, -0.1) is 0 Å². The number of aliphatic imine (C=N–C) groups is 2. The second kappa shape index (κ2) is 5.73. The first kappa shape index (κ1) is 15.7. The SMILES string of the molecule is Cc1ccc2c(c1)C1C(=N2)/C2=N/CCc3cccc(OC(F)F)c3C1C2. The molecule has 2 unspecified atom stereocenters. The van der Waals surface area contributed by atoms with E-state index in [1.165, 1.54) is 11.1 Å². The van der Waals surface area contributed by atoms with Gasteiger partial charge in [-0.05, 0) is 43.0 Å². The fourth-order valence-corrected chi connectivity index (χ4v) is 4.61. The molecule has 2 atom stereocenters. The molecule has 5 rings (SSSR count). The summed E-state index contributed by atoms with van der Waals surface area (Å²) in [6, 6.07) is 11.7. The van der Waals surface area contributed by atoms with E-state index in [4.69, 9.17) is 14.7 Å². The summed E-state index contributed by atoms with van der Waals surface area (Å²) in [5.41, 5.74) is 7.32. The van der Waals surface area contributed by atoms with Gasteiger partial charge in [0.2, 0.25) is 0 Å². The average molecular weight is 352 g/mol. The van der Waals surface area contributed by atoms with E-state index in [-0.39, 0.29) is 11.8 Å². The highest BCUT2D eigenvalue weighted by atomic mass is 19.3. The lowest BCUT2D eigenvalue weighted by Crippen LogP contribution is -2.14. The van der Waals surface area contributed by atoms with Crippen molar-refractivity contribution in [3.05, 3.63) is 58.7 Å². The summed E-state index contributed by atoms with van der Waals surface area (Å²) in [7, 11) is 0. The van der Waals surface area contributed by atoms with Crippen LogP contribution in [0.1, 0.15) is 40.5 Å². The summed E-state index contributed by atoms with van der Waals surface area (Å²) in [4.78, 5) is 9.62. The maximum Gasteiger partial charge on any atom is 0.387 e. The van der Waals surface area contributed by atoms with E-state index in [1.807, 2.05) is 12.1 Å². The third kappa shape index (κ3) is 2.30. The van der Waals surface area contributed by atoms with Crippen LogP contribution in [0, 0.1) is 6.92 Å². The number of aryl methyl sites for hydroxylation is 1. The topological polar surface area (TPSA) is 34.0 Å². The van der Waals surface area contributed by atoms with E-state index in [2.05, 4.69) is 19.1 Å². The van der Waals surface area contributed by atoms with Crippen LogP contribution in [0.4, 0.5) is 14.5 Å². The summed E-state index contributed by atoms with van der Waals surface area (Å²) >= 11 is 0. The van der Waals surface area contributed by atoms with Gasteiger partial charge < -0.3 is 4.74 Å². The molecule has 1 fully saturated rings. The van der Waals surface area contributed by atoms with Crippen molar-refractivity contribution in [2.24, 2.45) is 9.98 Å². The number of ether oxygens (including phenoxy) is 1. The Bertz CT molecular complexity index is 964. The molecule has 2 heterocycles. The second-order valence-corrected chi connectivity index (χ2v) is 7.13. The molecule has 5 heteroatoms. The van der Waals surface area contributed by atoms with Gasteiger partial charge in [-0.25, -0.2) is 0 Å². The summed E-state index contributed by atoms with van der Waals surface area (Å²) in [5, 5.41) is 0. The molecule has 2 aliphatic heterocycles. The van der Waals surface area contributed by atoms with Crippen molar-refractivity contribution in [1.29, 1.82) is 0 Å². The van der Waals surface area contributed by atoms with E-state index < -0.39 is 6.61 Å². The quantitative estimate of drug-likeness (QED) is 0.753. The molecule has 26 heavy (non-hydrogen) atoms. The van der Waals surface area contributed by atoms with Gasteiger partial charge >= 0.3 is 6.61 Å². The zero-order valence-electron chi connectivity index (χ0n) is 14.4. The highest BCUT2D eigenvalue weighted by Gasteiger charge is 2.46. The molecule has 0 N–H and O–H groups in total. The van der Waals surface area contributed by atoms with Gasteiger partial charge in [0, 0.05) is 23.9 Å². The predicted octanol–water partition coefficient (Wildman–Crippen LogP) is 4.95. The maximum absolute atomic E-state index is 13.0. The Morgan fingerprint density at radius 2 is 2.08 bits per heavy atom. The van der Waals surface area contributed by atoms with Gasteiger partial charge in [0.15, 0.2) is 0 Å². The smallest absolute Gasteiger partial charge is 0.387 e. The Morgan fingerprint density at radius 3 is 2.92 bits per heavy atom. The molecule has 2 aromatic carbocycles. The van der Waals surface area contributed by atoms with Crippen molar-refractivity contribution in [3.63, 3.8) is 0 Å². The average Bonchev–Trinajstić information content (AvgIpc) is 3.11. The van der Waals surface area contributed by atoms with E-state index in [0.717, 1.165) is 41.1 Å². The van der Waals surface area contributed by atoms with E-state index >= 15 is 0 Å². The van der Waals surface area contributed by atoms with E-state index in [9.17, 15) is 8.78 Å². The lowest BCUT2D eigenvalue weighted by atomic mass is 9.80. The minimum absolute atomic E-state index is 0.0424. The highest BCUT2D eigenvalue weighted by Crippen LogP contribution is 2.53. The molecule has 3 aliphatic rings. The van der Waals surface area contributed by atoms with Crippen LogP contribution in [0.15, 0.2) is 46.4 Å². The molecule has 2 aromatic rings. The molecule has 0 saturated heterocycles. The standard InChI is InChI=1S/C21H18F2N2O/c1-11-5-6-15-13(9-11)19-14-10-16(20(19)25-15)24-8-7-12-3-2-4-17(18(12)14)26-21(22)23/h2-6,9,14,19,21H,7-8,10H2,1H3/b24-16+. The van der Waals surface area contributed by atoms with Gasteiger partial charge in [0.1, 0.15) is 5.75 Å². The third-order valence-electron chi connectivity index (χ3n) is 5.59.